The molecule has 0 saturated carbocycles. The molecule has 0 spiro atoms. The first-order chi connectivity index (χ1) is 16.7. The molecule has 11 heteroatoms. The standard InChI is InChI=1S/C12H16N2O2.C11H10F6O.C2H6/c13-11(15)12(16)7-6-10(14-8-12)9-4-2-1-3-5-9;1-6(18-2)7-3-8(10(12,13)14)5-9(4-7)11(15,16)17;1-2/h1-5,10,14,16H,6-8H2,(H2,13,15);3-6H,1-2H3;1-2H3. The number of ether oxygens (including phenoxy) is 1. The number of alkyl halides is 6. The van der Waals surface area contributed by atoms with E-state index in [4.69, 9.17) is 10.5 Å². The summed E-state index contributed by atoms with van der Waals surface area (Å²) in [6.45, 7) is 5.59. The van der Waals surface area contributed by atoms with E-state index in [2.05, 4.69) is 5.32 Å². The van der Waals surface area contributed by atoms with Crippen LogP contribution in [0.25, 0.3) is 0 Å². The Bertz CT molecular complexity index is 924. The Balaban J connectivity index is 0.000000338. The maximum atomic E-state index is 12.5. The van der Waals surface area contributed by atoms with Gasteiger partial charge in [-0.1, -0.05) is 44.2 Å². The van der Waals surface area contributed by atoms with Crippen molar-refractivity contribution >= 4 is 5.91 Å². The van der Waals surface area contributed by atoms with Crippen molar-refractivity contribution in [1.82, 2.24) is 5.32 Å². The molecule has 202 valence electrons. The van der Waals surface area contributed by atoms with E-state index in [0.29, 0.717) is 25.0 Å². The summed E-state index contributed by atoms with van der Waals surface area (Å²) in [5.41, 5.74) is 2.11. The van der Waals surface area contributed by atoms with Gasteiger partial charge in [0.25, 0.3) is 5.91 Å². The molecule has 0 aromatic heterocycles. The first-order valence-corrected chi connectivity index (χ1v) is 11.3. The minimum absolute atomic E-state index is 0.0892. The van der Waals surface area contributed by atoms with Crippen molar-refractivity contribution in [3.63, 3.8) is 0 Å². The van der Waals surface area contributed by atoms with Gasteiger partial charge in [0.2, 0.25) is 0 Å². The highest BCUT2D eigenvalue weighted by atomic mass is 19.4. The Hall–Kier alpha value is -2.63. The molecule has 1 saturated heterocycles. The molecule has 1 aliphatic rings. The van der Waals surface area contributed by atoms with E-state index in [0.717, 1.165) is 0 Å². The van der Waals surface area contributed by atoms with E-state index >= 15 is 0 Å². The summed E-state index contributed by atoms with van der Waals surface area (Å²) in [7, 11) is 1.21. The molecule has 1 fully saturated rings. The van der Waals surface area contributed by atoms with Crippen LogP contribution in [0.1, 0.15) is 68.0 Å². The van der Waals surface area contributed by atoms with Gasteiger partial charge in [-0.2, -0.15) is 26.3 Å². The van der Waals surface area contributed by atoms with Crippen LogP contribution >= 0.6 is 0 Å². The van der Waals surface area contributed by atoms with E-state index in [-0.39, 0.29) is 24.2 Å². The quantitative estimate of drug-likeness (QED) is 0.444. The molecule has 0 radical (unpaired) electrons. The van der Waals surface area contributed by atoms with E-state index in [1.54, 1.807) is 0 Å². The fourth-order valence-electron chi connectivity index (χ4n) is 3.40. The molecule has 3 rings (SSSR count). The third kappa shape index (κ3) is 8.79. The van der Waals surface area contributed by atoms with Gasteiger partial charge in [-0.25, -0.2) is 0 Å². The summed E-state index contributed by atoms with van der Waals surface area (Å²) in [5, 5.41) is 13.0. The van der Waals surface area contributed by atoms with E-state index < -0.39 is 41.1 Å². The number of halogens is 6. The summed E-state index contributed by atoms with van der Waals surface area (Å²) in [6.07, 6.45) is -9.39. The fourth-order valence-corrected chi connectivity index (χ4v) is 3.40. The highest BCUT2D eigenvalue weighted by Crippen LogP contribution is 2.37. The van der Waals surface area contributed by atoms with E-state index in [1.165, 1.54) is 19.6 Å². The average molecular weight is 523 g/mol. The molecule has 4 N–H and O–H groups in total. The SMILES string of the molecule is CC.COC(C)c1cc(C(F)(F)F)cc(C(F)(F)F)c1.NC(=O)C1(O)CCC(c2ccccc2)NC1. The maximum Gasteiger partial charge on any atom is 0.416 e. The second kappa shape index (κ2) is 13.1. The Morgan fingerprint density at radius 1 is 1.06 bits per heavy atom. The van der Waals surface area contributed by atoms with Crippen molar-refractivity contribution in [3.8, 4) is 0 Å². The van der Waals surface area contributed by atoms with Gasteiger partial charge in [-0.05, 0) is 49.1 Å². The molecule has 2 aromatic carbocycles. The normalized spacial score (nSPS) is 20.8. The first kappa shape index (κ1) is 31.4. The van der Waals surface area contributed by atoms with Crippen LogP contribution in [-0.4, -0.2) is 30.3 Å². The van der Waals surface area contributed by atoms with Crippen LogP contribution in [0.2, 0.25) is 0 Å². The zero-order valence-electron chi connectivity index (χ0n) is 20.5. The number of nitrogens with two attached hydrogens (primary N) is 1. The fraction of sp³-hybridized carbons (Fsp3) is 0.480. The summed E-state index contributed by atoms with van der Waals surface area (Å²) in [6, 6.07) is 11.6. The second-order valence-corrected chi connectivity index (χ2v) is 8.00. The van der Waals surface area contributed by atoms with Crippen LogP contribution in [0.15, 0.2) is 48.5 Å². The average Bonchev–Trinajstić information content (AvgIpc) is 2.84. The molecule has 36 heavy (non-hydrogen) atoms. The minimum atomic E-state index is -4.83. The predicted octanol–water partition coefficient (Wildman–Crippen LogP) is 5.79. The van der Waals surface area contributed by atoms with Gasteiger partial charge < -0.3 is 20.9 Å². The van der Waals surface area contributed by atoms with Gasteiger partial charge in [0.05, 0.1) is 17.2 Å². The largest absolute Gasteiger partial charge is 0.416 e. The number of methoxy groups -OCH3 is 1. The summed E-state index contributed by atoms with van der Waals surface area (Å²) < 4.78 is 79.7. The number of amides is 1. The number of hydrogen-bond acceptors (Lipinski definition) is 4. The summed E-state index contributed by atoms with van der Waals surface area (Å²) in [4.78, 5) is 11.1. The van der Waals surface area contributed by atoms with Gasteiger partial charge in [0, 0.05) is 19.7 Å². The van der Waals surface area contributed by atoms with Crippen molar-refractivity contribution < 1.29 is 41.0 Å². The smallest absolute Gasteiger partial charge is 0.379 e. The Labute approximate surface area is 206 Å². The highest BCUT2D eigenvalue weighted by Gasteiger charge is 2.39. The minimum Gasteiger partial charge on any atom is -0.379 e. The van der Waals surface area contributed by atoms with E-state index in [1.807, 2.05) is 44.2 Å². The van der Waals surface area contributed by atoms with Crippen LogP contribution in [0.4, 0.5) is 26.3 Å². The molecule has 3 unspecified atom stereocenters. The molecule has 2 aromatic rings. The second-order valence-electron chi connectivity index (χ2n) is 8.00. The predicted molar refractivity (Wildman–Crippen MR) is 124 cm³/mol. The maximum absolute atomic E-state index is 12.5. The molecular formula is C25H32F6N2O3. The zero-order valence-corrected chi connectivity index (χ0v) is 20.5. The van der Waals surface area contributed by atoms with Gasteiger partial charge in [-0.3, -0.25) is 4.79 Å². The van der Waals surface area contributed by atoms with Crippen molar-refractivity contribution in [2.75, 3.05) is 13.7 Å². The zero-order chi connectivity index (χ0) is 27.7. The monoisotopic (exact) mass is 522 g/mol. The number of carbonyl (C=O) groups is 1. The van der Waals surface area contributed by atoms with Crippen LogP contribution in [0.5, 0.6) is 0 Å². The van der Waals surface area contributed by atoms with Crippen LogP contribution in [0.3, 0.4) is 0 Å². The molecule has 0 aliphatic carbocycles. The van der Waals surface area contributed by atoms with Crippen molar-refractivity contribution in [2.24, 2.45) is 5.73 Å². The van der Waals surface area contributed by atoms with Gasteiger partial charge in [0.1, 0.15) is 0 Å². The Kier molecular flexibility index (Phi) is 11.4. The molecule has 1 heterocycles. The molecule has 0 bridgehead atoms. The van der Waals surface area contributed by atoms with Gasteiger partial charge in [0.15, 0.2) is 5.60 Å². The Morgan fingerprint density at radius 2 is 1.56 bits per heavy atom. The lowest BCUT2D eigenvalue weighted by Crippen LogP contribution is -2.55. The lowest BCUT2D eigenvalue weighted by Gasteiger charge is -2.34. The van der Waals surface area contributed by atoms with Crippen molar-refractivity contribution in [3.05, 3.63) is 70.8 Å². The molecule has 1 amide bonds. The van der Waals surface area contributed by atoms with E-state index in [9.17, 15) is 36.2 Å². The lowest BCUT2D eigenvalue weighted by atomic mass is 9.87. The number of primary amides is 1. The number of piperidine rings is 1. The number of hydrogen-bond donors (Lipinski definition) is 3. The molecule has 1 aliphatic heterocycles. The van der Waals surface area contributed by atoms with Crippen molar-refractivity contribution in [2.45, 2.75) is 63.7 Å². The number of nitrogens with one attached hydrogen (secondary N) is 1. The molecule has 3 atom stereocenters. The topological polar surface area (TPSA) is 84.6 Å². The number of β-amino-alcohol motifs (C(OH)–C–C–N with tert-alkyl or cyclic N) is 1. The number of rotatable bonds is 4. The number of aliphatic hydroxyl groups is 1. The van der Waals surface area contributed by atoms with Crippen LogP contribution in [0, 0.1) is 0 Å². The highest BCUT2D eigenvalue weighted by molar-refractivity contribution is 5.83. The summed E-state index contributed by atoms with van der Waals surface area (Å²) in [5.74, 6) is -0.647. The molecular weight excluding hydrogens is 490 g/mol. The third-order valence-corrected chi connectivity index (χ3v) is 5.58. The van der Waals surface area contributed by atoms with Gasteiger partial charge >= 0.3 is 12.4 Å². The Morgan fingerprint density at radius 3 is 1.92 bits per heavy atom. The van der Waals surface area contributed by atoms with Crippen molar-refractivity contribution in [1.29, 1.82) is 0 Å². The van der Waals surface area contributed by atoms with Crippen LogP contribution < -0.4 is 11.1 Å². The number of carbonyl (C=O) groups excluding carboxylic acids is 1. The third-order valence-electron chi connectivity index (χ3n) is 5.58. The lowest BCUT2D eigenvalue weighted by molar-refractivity contribution is -0.143. The first-order valence-electron chi connectivity index (χ1n) is 11.3. The van der Waals surface area contributed by atoms with Crippen LogP contribution in [-0.2, 0) is 21.9 Å². The molecule has 5 nitrogen and oxygen atoms in total. The number of benzene rings is 2. The van der Waals surface area contributed by atoms with Gasteiger partial charge in [-0.15, -0.1) is 0 Å². The summed E-state index contributed by atoms with van der Waals surface area (Å²) >= 11 is 0.